The van der Waals surface area contributed by atoms with E-state index >= 15 is 0 Å². The number of β-lactam (4-membered cyclic amide) rings is 1. The van der Waals surface area contributed by atoms with Gasteiger partial charge in [0.1, 0.15) is 35.7 Å². The zero-order valence-corrected chi connectivity index (χ0v) is 21.0. The number of nitrogens with zero attached hydrogens (tertiary/aromatic N) is 4. The number of nitrogens with two attached hydrogens (primary N) is 1. The smallest absolute Gasteiger partial charge is 0.352 e. The van der Waals surface area contributed by atoms with Gasteiger partial charge in [-0.25, -0.2) is 9.78 Å². The van der Waals surface area contributed by atoms with Gasteiger partial charge in [0.2, 0.25) is 5.52 Å². The molecule has 2 aromatic heterocycles. The normalized spacial score (nSPS) is 19.4. The van der Waals surface area contributed by atoms with Crippen LogP contribution in [0.3, 0.4) is 0 Å². The molecule has 3 aromatic rings. The van der Waals surface area contributed by atoms with E-state index in [9.17, 15) is 24.6 Å². The number of carbonyl (C=O) groups excluding carboxylic acids is 2. The van der Waals surface area contributed by atoms with Crippen molar-refractivity contribution in [1.29, 1.82) is 0 Å². The van der Waals surface area contributed by atoms with Crippen molar-refractivity contribution in [2.45, 2.75) is 18.0 Å². The third-order valence-electron chi connectivity index (χ3n) is 5.96. The Hall–Kier alpha value is -4.17. The van der Waals surface area contributed by atoms with E-state index in [2.05, 4.69) is 15.5 Å². The highest BCUT2D eigenvalue weighted by Gasteiger charge is 2.54. The van der Waals surface area contributed by atoms with Crippen molar-refractivity contribution in [3.63, 3.8) is 0 Å². The first kappa shape index (κ1) is 24.5. The molecule has 0 aliphatic carbocycles. The summed E-state index contributed by atoms with van der Waals surface area (Å²) in [4.78, 5) is 48.3. The SMILES string of the molecule is CO/N=C(\C(=O)N[C@@H]1C(=O)N2C(C(=O)O)=C(C[n+]3cccc4c(O)cccc43)CS[C@H]12)c1csc(N)n1. The van der Waals surface area contributed by atoms with E-state index in [-0.39, 0.29) is 34.5 Å². The second-order valence-electron chi connectivity index (χ2n) is 8.16. The lowest BCUT2D eigenvalue weighted by molar-refractivity contribution is -0.663. The van der Waals surface area contributed by atoms with Gasteiger partial charge in [0.25, 0.3) is 11.8 Å². The summed E-state index contributed by atoms with van der Waals surface area (Å²) < 4.78 is 1.82. The molecule has 1 fully saturated rings. The number of hydrogen-bond donors (Lipinski definition) is 4. The van der Waals surface area contributed by atoms with Gasteiger partial charge in [-0.1, -0.05) is 11.2 Å². The number of amides is 2. The molecule has 1 aromatic carbocycles. The Kier molecular flexibility index (Phi) is 6.43. The Morgan fingerprint density at radius 3 is 2.86 bits per heavy atom. The number of aromatic hydroxyl groups is 1. The summed E-state index contributed by atoms with van der Waals surface area (Å²) in [5.74, 6) is -2.03. The average molecular weight is 542 g/mol. The molecule has 5 rings (SSSR count). The average Bonchev–Trinajstić information content (AvgIpc) is 3.31. The molecule has 37 heavy (non-hydrogen) atoms. The van der Waals surface area contributed by atoms with Crippen molar-refractivity contribution in [2.24, 2.45) is 5.16 Å². The Morgan fingerprint density at radius 2 is 2.16 bits per heavy atom. The number of benzene rings is 1. The number of thioether (sulfide) groups is 1. The number of rotatable bonds is 7. The van der Waals surface area contributed by atoms with Crippen LogP contribution >= 0.6 is 23.1 Å². The van der Waals surface area contributed by atoms with Crippen molar-refractivity contribution >= 4 is 62.6 Å². The van der Waals surface area contributed by atoms with Crippen molar-refractivity contribution in [2.75, 3.05) is 18.6 Å². The van der Waals surface area contributed by atoms with E-state index in [1.54, 1.807) is 35.8 Å². The van der Waals surface area contributed by atoms with Crippen LogP contribution < -0.4 is 15.6 Å². The predicted molar refractivity (Wildman–Crippen MR) is 136 cm³/mol. The van der Waals surface area contributed by atoms with Crippen molar-refractivity contribution < 1.29 is 34.0 Å². The van der Waals surface area contributed by atoms with E-state index in [0.717, 1.165) is 16.9 Å². The quantitative estimate of drug-likeness (QED) is 0.145. The fraction of sp³-hybridized carbons (Fsp3) is 0.217. The Morgan fingerprint density at radius 1 is 1.35 bits per heavy atom. The third kappa shape index (κ3) is 4.34. The van der Waals surface area contributed by atoms with Crippen LogP contribution in [0, 0.1) is 0 Å². The van der Waals surface area contributed by atoms with Gasteiger partial charge in [-0.05, 0) is 12.1 Å². The standard InChI is InChI=1S/C23H20N6O6S2/c1-35-27-16(13-10-37-23(24)25-13)19(31)26-17-20(32)29-18(22(33)34)11(9-36-21(17)29)8-28-7-3-4-12-14(28)5-2-6-15(12)30/h2-7,10,17,21H,8-9H2,1H3,(H4,24,25,26,31,33,34)/p+1/b27-16-/t17-,21-/m1/s1. The highest BCUT2D eigenvalue weighted by Crippen LogP contribution is 2.40. The van der Waals surface area contributed by atoms with Gasteiger partial charge in [0.05, 0.1) is 5.39 Å². The number of aliphatic carboxylic acids is 1. The molecule has 12 nitrogen and oxygen atoms in total. The molecule has 1 saturated heterocycles. The zero-order chi connectivity index (χ0) is 26.3. The van der Waals surface area contributed by atoms with Crippen molar-refractivity contribution in [3.05, 3.63) is 58.9 Å². The molecule has 5 N–H and O–H groups in total. The number of aromatic nitrogens is 2. The number of carboxylic acids is 1. The summed E-state index contributed by atoms with van der Waals surface area (Å²) in [6.07, 6.45) is 1.79. The number of nitrogen functional groups attached to an aromatic ring is 1. The molecular weight excluding hydrogens is 520 g/mol. The summed E-state index contributed by atoms with van der Waals surface area (Å²) in [7, 11) is 1.27. The molecular formula is C23H21N6O6S2+. The summed E-state index contributed by atoms with van der Waals surface area (Å²) >= 11 is 2.47. The maximum absolute atomic E-state index is 13.1. The molecule has 2 atom stereocenters. The van der Waals surface area contributed by atoms with Crippen LogP contribution in [0.4, 0.5) is 5.13 Å². The van der Waals surface area contributed by atoms with E-state index in [4.69, 9.17) is 10.6 Å². The summed E-state index contributed by atoms with van der Waals surface area (Å²) in [5.41, 5.74) is 6.86. The minimum Gasteiger partial charge on any atom is -0.507 e. The topological polar surface area (TPSA) is 171 Å². The fourth-order valence-corrected chi connectivity index (χ4v) is 6.22. The Balaban J connectivity index is 1.39. The van der Waals surface area contributed by atoms with Crippen LogP contribution in [0.1, 0.15) is 5.69 Å². The molecule has 0 radical (unpaired) electrons. The number of phenolic OH excluding ortho intramolecular Hbond substituents is 1. The van der Waals surface area contributed by atoms with Gasteiger partial charge >= 0.3 is 5.97 Å². The summed E-state index contributed by atoms with van der Waals surface area (Å²) in [6.45, 7) is 0.207. The van der Waals surface area contributed by atoms with Crippen LogP contribution in [0.2, 0.25) is 0 Å². The van der Waals surface area contributed by atoms with E-state index in [1.807, 2.05) is 10.6 Å². The van der Waals surface area contributed by atoms with Gasteiger partial charge in [0.15, 0.2) is 23.6 Å². The second kappa shape index (κ2) is 9.71. The number of nitrogens with one attached hydrogen (secondary N) is 1. The van der Waals surface area contributed by atoms with Gasteiger partial charge in [-0.3, -0.25) is 14.5 Å². The van der Waals surface area contributed by atoms with Gasteiger partial charge < -0.3 is 26.1 Å². The summed E-state index contributed by atoms with van der Waals surface area (Å²) in [5, 5.41) is 28.3. The molecule has 14 heteroatoms. The Bertz CT molecular complexity index is 1500. The van der Waals surface area contributed by atoms with Gasteiger partial charge in [0, 0.05) is 28.8 Å². The third-order valence-corrected chi connectivity index (χ3v) is 7.97. The van der Waals surface area contributed by atoms with Crippen LogP contribution in [0.15, 0.2) is 58.3 Å². The maximum Gasteiger partial charge on any atom is 0.352 e. The molecule has 190 valence electrons. The van der Waals surface area contributed by atoms with E-state index in [1.165, 1.54) is 23.8 Å². The minimum absolute atomic E-state index is 0.109. The van der Waals surface area contributed by atoms with Gasteiger partial charge in [-0.15, -0.1) is 23.1 Å². The number of fused-ring (bicyclic) bond motifs is 2. The number of pyridine rings is 1. The van der Waals surface area contributed by atoms with Crippen molar-refractivity contribution in [1.82, 2.24) is 15.2 Å². The van der Waals surface area contributed by atoms with Crippen LogP contribution in [0.5, 0.6) is 5.75 Å². The molecule has 4 heterocycles. The molecule has 0 saturated carbocycles. The number of carbonyl (C=O) groups is 3. The first-order valence-electron chi connectivity index (χ1n) is 10.9. The van der Waals surface area contributed by atoms with E-state index in [0.29, 0.717) is 16.7 Å². The maximum atomic E-state index is 13.1. The van der Waals surface area contributed by atoms with Crippen LogP contribution in [-0.2, 0) is 25.8 Å². The molecule has 2 amide bonds. The largest absolute Gasteiger partial charge is 0.507 e. The van der Waals surface area contributed by atoms with Gasteiger partial charge in [-0.2, -0.15) is 4.57 Å². The van der Waals surface area contributed by atoms with Crippen LogP contribution in [0.25, 0.3) is 10.9 Å². The van der Waals surface area contributed by atoms with Crippen molar-refractivity contribution in [3.8, 4) is 5.75 Å². The zero-order valence-electron chi connectivity index (χ0n) is 19.3. The lowest BCUT2D eigenvalue weighted by atomic mass is 10.0. The number of thiazole rings is 1. The minimum atomic E-state index is -1.23. The van der Waals surface area contributed by atoms with E-state index < -0.39 is 29.2 Å². The summed E-state index contributed by atoms with van der Waals surface area (Å²) in [6, 6.07) is 7.69. The molecule has 2 aliphatic rings. The lowest BCUT2D eigenvalue weighted by Crippen LogP contribution is -2.71. The Labute approximate surface area is 218 Å². The molecule has 2 aliphatic heterocycles. The lowest BCUT2D eigenvalue weighted by Gasteiger charge is -2.49. The molecule has 0 spiro atoms. The number of hydrogen-bond acceptors (Lipinski definition) is 10. The highest BCUT2D eigenvalue weighted by atomic mass is 32.2. The monoisotopic (exact) mass is 541 g/mol. The first-order valence-corrected chi connectivity index (χ1v) is 12.9. The number of oxime groups is 1. The van der Waals surface area contributed by atoms with Crippen LogP contribution in [-0.4, -0.2) is 67.9 Å². The molecule has 0 unspecified atom stereocenters. The predicted octanol–water partition coefficient (Wildman–Crippen LogP) is 0.661. The number of phenols is 1. The first-order chi connectivity index (χ1) is 17.8. The number of carboxylic acid groups (broad SMARTS) is 1. The number of anilines is 1. The second-order valence-corrected chi connectivity index (χ2v) is 10.2. The molecule has 0 bridgehead atoms. The fourth-order valence-electron chi connectivity index (χ4n) is 4.34. The highest BCUT2D eigenvalue weighted by molar-refractivity contribution is 8.00.